The normalized spacial score (nSPS) is 10.5. The highest BCUT2D eigenvalue weighted by Gasteiger charge is 2.15. The van der Waals surface area contributed by atoms with E-state index >= 15 is 0 Å². The molecule has 0 aliphatic rings. The van der Waals surface area contributed by atoms with Crippen molar-refractivity contribution in [2.45, 2.75) is 25.4 Å². The Labute approximate surface area is 185 Å². The predicted octanol–water partition coefficient (Wildman–Crippen LogP) is 3.43. The zero-order valence-corrected chi connectivity index (χ0v) is 18.5. The Balaban J connectivity index is 1.49. The molecule has 2 N–H and O–H groups in total. The monoisotopic (exact) mass is 439 g/mol. The number of nitrogens with zero attached hydrogens (tertiary/aromatic N) is 3. The molecule has 0 saturated carbocycles. The molecular formula is C22H25N5O3S. The molecule has 3 aromatic rings. The van der Waals surface area contributed by atoms with Crippen molar-refractivity contribution in [1.29, 1.82) is 0 Å². The first-order valence-electron chi connectivity index (χ1n) is 9.85. The van der Waals surface area contributed by atoms with E-state index in [4.69, 9.17) is 4.74 Å². The number of nitrogens with one attached hydrogen (secondary N) is 2. The number of carbonyl (C=O) groups excluding carboxylic acids is 2. The summed E-state index contributed by atoms with van der Waals surface area (Å²) in [5.41, 5.74) is 2.55. The number of aryl methyl sites for hydroxylation is 1. The number of ether oxygens (including phenoxy) is 1. The molecular weight excluding hydrogens is 414 g/mol. The highest BCUT2D eigenvalue weighted by atomic mass is 32.2. The Kier molecular flexibility index (Phi) is 7.66. The number of hydrogen-bond donors (Lipinski definition) is 2. The highest BCUT2D eigenvalue weighted by molar-refractivity contribution is 7.99. The molecule has 8 nitrogen and oxygen atoms in total. The molecule has 0 unspecified atom stereocenters. The minimum Gasteiger partial charge on any atom is -0.494 e. The van der Waals surface area contributed by atoms with Gasteiger partial charge in [-0.2, -0.15) is 0 Å². The van der Waals surface area contributed by atoms with E-state index in [1.807, 2.05) is 50.2 Å². The van der Waals surface area contributed by atoms with Crippen molar-refractivity contribution in [3.8, 4) is 5.75 Å². The third-order valence-electron chi connectivity index (χ3n) is 4.36. The molecule has 0 aliphatic carbocycles. The summed E-state index contributed by atoms with van der Waals surface area (Å²) in [5.74, 6) is 1.13. The molecule has 2 aromatic carbocycles. The van der Waals surface area contributed by atoms with Crippen LogP contribution >= 0.6 is 11.8 Å². The first-order valence-corrected chi connectivity index (χ1v) is 10.8. The van der Waals surface area contributed by atoms with Crippen LogP contribution in [0.15, 0.2) is 53.7 Å². The Hall–Kier alpha value is -3.33. The lowest BCUT2D eigenvalue weighted by Gasteiger charge is -2.07. The minimum atomic E-state index is -0.177. The molecule has 162 valence electrons. The summed E-state index contributed by atoms with van der Waals surface area (Å²) in [4.78, 5) is 24.5. The quantitative estimate of drug-likeness (QED) is 0.496. The van der Waals surface area contributed by atoms with Gasteiger partial charge in [-0.3, -0.25) is 9.59 Å². The smallest absolute Gasteiger partial charge is 0.234 e. The molecule has 1 heterocycles. The number of anilines is 2. The lowest BCUT2D eigenvalue weighted by atomic mass is 10.2. The van der Waals surface area contributed by atoms with Crippen molar-refractivity contribution in [2.24, 2.45) is 7.05 Å². The van der Waals surface area contributed by atoms with Gasteiger partial charge in [-0.15, -0.1) is 10.2 Å². The summed E-state index contributed by atoms with van der Waals surface area (Å²) < 4.78 is 7.11. The number of hydrogen-bond acceptors (Lipinski definition) is 6. The molecule has 9 heteroatoms. The second kappa shape index (κ2) is 10.6. The SMILES string of the molecule is CCOc1ccc(NC(=O)CSc2nnc(CC(=O)Nc3ccc(C)cc3)n2C)cc1. The lowest BCUT2D eigenvalue weighted by Crippen LogP contribution is -2.17. The Morgan fingerprint density at radius 3 is 2.23 bits per heavy atom. The van der Waals surface area contributed by atoms with E-state index in [1.165, 1.54) is 11.8 Å². The van der Waals surface area contributed by atoms with Crippen LogP contribution in [-0.2, 0) is 23.1 Å². The van der Waals surface area contributed by atoms with E-state index in [9.17, 15) is 9.59 Å². The predicted molar refractivity (Wildman–Crippen MR) is 121 cm³/mol. The van der Waals surface area contributed by atoms with E-state index in [0.717, 1.165) is 17.0 Å². The van der Waals surface area contributed by atoms with E-state index in [2.05, 4.69) is 20.8 Å². The second-order valence-corrected chi connectivity index (χ2v) is 7.79. The van der Waals surface area contributed by atoms with Gasteiger partial charge in [0.2, 0.25) is 11.8 Å². The largest absolute Gasteiger partial charge is 0.494 e. The molecule has 2 amide bonds. The van der Waals surface area contributed by atoms with Gasteiger partial charge in [-0.25, -0.2) is 0 Å². The maximum Gasteiger partial charge on any atom is 0.234 e. The highest BCUT2D eigenvalue weighted by Crippen LogP contribution is 2.19. The van der Waals surface area contributed by atoms with Gasteiger partial charge < -0.3 is 19.9 Å². The van der Waals surface area contributed by atoms with Crippen LogP contribution in [0.3, 0.4) is 0 Å². The van der Waals surface area contributed by atoms with E-state index in [0.29, 0.717) is 23.3 Å². The van der Waals surface area contributed by atoms with Crippen molar-refractivity contribution in [3.63, 3.8) is 0 Å². The van der Waals surface area contributed by atoms with Crippen LogP contribution in [0, 0.1) is 6.92 Å². The molecule has 0 aliphatic heterocycles. The number of rotatable bonds is 9. The molecule has 1 aromatic heterocycles. The summed E-state index contributed by atoms with van der Waals surface area (Å²) in [6, 6.07) is 14.8. The number of carbonyl (C=O) groups is 2. The molecule has 0 atom stereocenters. The Morgan fingerprint density at radius 1 is 0.968 bits per heavy atom. The number of amides is 2. The van der Waals surface area contributed by atoms with Crippen LogP contribution in [0.5, 0.6) is 5.75 Å². The number of thioether (sulfide) groups is 1. The topological polar surface area (TPSA) is 98.1 Å². The van der Waals surface area contributed by atoms with Crippen molar-refractivity contribution in [3.05, 3.63) is 59.9 Å². The summed E-state index contributed by atoms with van der Waals surface area (Å²) in [6.45, 7) is 4.50. The molecule has 0 saturated heterocycles. The van der Waals surface area contributed by atoms with Crippen molar-refractivity contribution < 1.29 is 14.3 Å². The summed E-state index contributed by atoms with van der Waals surface area (Å²) in [7, 11) is 1.78. The van der Waals surface area contributed by atoms with Crippen molar-refractivity contribution >= 4 is 35.0 Å². The second-order valence-electron chi connectivity index (χ2n) is 6.84. The van der Waals surface area contributed by atoms with Crippen LogP contribution in [0.1, 0.15) is 18.3 Å². The Morgan fingerprint density at radius 2 is 1.58 bits per heavy atom. The molecule has 3 rings (SSSR count). The van der Waals surface area contributed by atoms with E-state index < -0.39 is 0 Å². The summed E-state index contributed by atoms with van der Waals surface area (Å²) in [6.07, 6.45) is 0.0936. The van der Waals surface area contributed by atoms with Gasteiger partial charge in [0.1, 0.15) is 11.6 Å². The van der Waals surface area contributed by atoms with Crippen molar-refractivity contribution in [1.82, 2.24) is 14.8 Å². The zero-order valence-electron chi connectivity index (χ0n) is 17.7. The van der Waals surface area contributed by atoms with Crippen LogP contribution in [0.25, 0.3) is 0 Å². The van der Waals surface area contributed by atoms with E-state index in [-0.39, 0.29) is 24.0 Å². The Bertz CT molecular complexity index is 1030. The molecule has 0 bridgehead atoms. The standard InChI is InChI=1S/C22H25N5O3S/c1-4-30-18-11-9-17(10-12-18)24-21(29)14-31-22-26-25-19(27(22)3)13-20(28)23-16-7-5-15(2)6-8-16/h5-12H,4,13-14H2,1-3H3,(H,23,28)(H,24,29). The van der Waals surface area contributed by atoms with Crippen LogP contribution in [0.4, 0.5) is 11.4 Å². The first-order chi connectivity index (χ1) is 14.9. The van der Waals surface area contributed by atoms with Gasteiger partial charge >= 0.3 is 0 Å². The third kappa shape index (κ3) is 6.58. The fourth-order valence-corrected chi connectivity index (χ4v) is 3.47. The van der Waals surface area contributed by atoms with Crippen molar-refractivity contribution in [2.75, 3.05) is 23.0 Å². The van der Waals surface area contributed by atoms with Gasteiger partial charge in [0.05, 0.1) is 18.8 Å². The minimum absolute atomic E-state index is 0.0936. The lowest BCUT2D eigenvalue weighted by molar-refractivity contribution is -0.116. The zero-order chi connectivity index (χ0) is 22.2. The third-order valence-corrected chi connectivity index (χ3v) is 5.38. The molecule has 31 heavy (non-hydrogen) atoms. The van der Waals surface area contributed by atoms with Gasteiger partial charge in [-0.1, -0.05) is 29.5 Å². The molecule has 0 fully saturated rings. The first kappa shape index (κ1) is 22.4. The van der Waals surface area contributed by atoms with Gasteiger partial charge in [0.25, 0.3) is 0 Å². The van der Waals surface area contributed by atoms with Gasteiger partial charge in [-0.05, 0) is 50.2 Å². The average Bonchev–Trinajstić information content (AvgIpc) is 3.09. The number of aromatic nitrogens is 3. The van der Waals surface area contributed by atoms with Crippen LogP contribution in [0.2, 0.25) is 0 Å². The van der Waals surface area contributed by atoms with Crippen LogP contribution in [-0.4, -0.2) is 38.9 Å². The van der Waals surface area contributed by atoms with Gasteiger partial charge in [0.15, 0.2) is 5.16 Å². The maximum atomic E-state index is 12.3. The van der Waals surface area contributed by atoms with E-state index in [1.54, 1.807) is 23.7 Å². The summed E-state index contributed by atoms with van der Waals surface area (Å²) >= 11 is 1.26. The fraction of sp³-hybridized carbons (Fsp3) is 0.273. The molecule has 0 spiro atoms. The maximum absolute atomic E-state index is 12.3. The fourth-order valence-electron chi connectivity index (χ4n) is 2.74. The average molecular weight is 440 g/mol. The molecule has 0 radical (unpaired) electrons. The van der Waals surface area contributed by atoms with Gasteiger partial charge in [0, 0.05) is 18.4 Å². The summed E-state index contributed by atoms with van der Waals surface area (Å²) in [5, 5.41) is 14.4. The van der Waals surface area contributed by atoms with Crippen LogP contribution < -0.4 is 15.4 Å². The number of benzene rings is 2.